The van der Waals surface area contributed by atoms with Gasteiger partial charge in [0.25, 0.3) is 0 Å². The molecule has 3 rings (SSSR count). The largest absolute Gasteiger partial charge is 0.493 e. The molecule has 25 heavy (non-hydrogen) atoms. The smallest absolute Gasteiger partial charge is 0.226 e. The van der Waals surface area contributed by atoms with Crippen LogP contribution in [-0.4, -0.2) is 29.6 Å². The molecule has 0 saturated carbocycles. The average molecular weight is 336 g/mol. The van der Waals surface area contributed by atoms with Crippen LogP contribution in [0, 0.1) is 0 Å². The maximum absolute atomic E-state index is 12.2. The van der Waals surface area contributed by atoms with Crippen LogP contribution in [0.1, 0.15) is 12.2 Å². The Labute approximate surface area is 146 Å². The van der Waals surface area contributed by atoms with Crippen molar-refractivity contribution in [2.24, 2.45) is 0 Å². The van der Waals surface area contributed by atoms with Gasteiger partial charge in [0.15, 0.2) is 5.76 Å². The quantitative estimate of drug-likeness (QED) is 0.659. The molecule has 1 amide bonds. The second kappa shape index (κ2) is 8.15. The standard InChI is InChI=1S/C20H20N2O3/c1-22(20(23)12-13-24-17-10-6-3-7-11-17)15-18-14-19(21-25-18)16-8-4-2-5-9-16/h2-11,14H,12-13,15H2,1H3. The highest BCUT2D eigenvalue weighted by atomic mass is 16.5. The Morgan fingerprint density at radius 2 is 1.76 bits per heavy atom. The van der Waals surface area contributed by atoms with E-state index in [4.69, 9.17) is 9.26 Å². The van der Waals surface area contributed by atoms with E-state index < -0.39 is 0 Å². The molecule has 0 saturated heterocycles. The van der Waals surface area contributed by atoms with Gasteiger partial charge in [0.05, 0.1) is 19.6 Å². The number of rotatable bonds is 7. The Morgan fingerprint density at radius 3 is 2.48 bits per heavy atom. The molecular weight excluding hydrogens is 316 g/mol. The van der Waals surface area contributed by atoms with Crippen LogP contribution in [0.5, 0.6) is 5.75 Å². The third-order valence-corrected chi connectivity index (χ3v) is 3.78. The lowest BCUT2D eigenvalue weighted by atomic mass is 10.1. The number of carbonyl (C=O) groups excluding carboxylic acids is 1. The van der Waals surface area contributed by atoms with Crippen LogP contribution in [0.2, 0.25) is 0 Å². The number of ether oxygens (including phenoxy) is 1. The van der Waals surface area contributed by atoms with E-state index in [2.05, 4.69) is 5.16 Å². The first-order chi connectivity index (χ1) is 12.2. The third kappa shape index (κ3) is 4.70. The zero-order valence-corrected chi connectivity index (χ0v) is 14.1. The topological polar surface area (TPSA) is 55.6 Å². The number of nitrogens with zero attached hydrogens (tertiary/aromatic N) is 2. The van der Waals surface area contributed by atoms with E-state index in [9.17, 15) is 4.79 Å². The van der Waals surface area contributed by atoms with Crippen LogP contribution in [-0.2, 0) is 11.3 Å². The molecule has 0 spiro atoms. The summed E-state index contributed by atoms with van der Waals surface area (Å²) in [5.74, 6) is 1.41. The summed E-state index contributed by atoms with van der Waals surface area (Å²) in [7, 11) is 1.75. The van der Waals surface area contributed by atoms with Crippen LogP contribution in [0.15, 0.2) is 71.3 Å². The molecule has 0 bridgehead atoms. The zero-order valence-electron chi connectivity index (χ0n) is 14.1. The SMILES string of the molecule is CN(Cc1cc(-c2ccccc2)no1)C(=O)CCOc1ccccc1. The summed E-state index contributed by atoms with van der Waals surface area (Å²) >= 11 is 0. The Kier molecular flexibility index (Phi) is 5.46. The molecule has 0 unspecified atom stereocenters. The molecule has 0 radical (unpaired) electrons. The molecule has 0 aliphatic rings. The Bertz CT molecular complexity index is 800. The van der Waals surface area contributed by atoms with E-state index in [1.54, 1.807) is 11.9 Å². The van der Waals surface area contributed by atoms with Gasteiger partial charge in [0.1, 0.15) is 11.4 Å². The van der Waals surface area contributed by atoms with Gasteiger partial charge in [-0.3, -0.25) is 4.79 Å². The monoisotopic (exact) mass is 336 g/mol. The molecule has 2 aromatic carbocycles. The Balaban J connectivity index is 1.49. The molecule has 0 aliphatic carbocycles. The summed E-state index contributed by atoms with van der Waals surface area (Å²) in [6.45, 7) is 0.725. The average Bonchev–Trinajstić information content (AvgIpc) is 3.12. The van der Waals surface area contributed by atoms with Gasteiger partial charge in [-0.25, -0.2) is 0 Å². The molecule has 0 atom stereocenters. The lowest BCUT2D eigenvalue weighted by Crippen LogP contribution is -2.27. The van der Waals surface area contributed by atoms with Crippen molar-refractivity contribution in [2.45, 2.75) is 13.0 Å². The highest BCUT2D eigenvalue weighted by Gasteiger charge is 2.13. The van der Waals surface area contributed by atoms with E-state index in [0.717, 1.165) is 17.0 Å². The minimum absolute atomic E-state index is 0.00593. The molecule has 0 N–H and O–H groups in total. The molecular formula is C20H20N2O3. The van der Waals surface area contributed by atoms with E-state index in [1.165, 1.54) is 0 Å². The van der Waals surface area contributed by atoms with Crippen molar-refractivity contribution in [1.29, 1.82) is 0 Å². The third-order valence-electron chi connectivity index (χ3n) is 3.78. The van der Waals surface area contributed by atoms with E-state index in [-0.39, 0.29) is 5.91 Å². The number of hydrogen-bond donors (Lipinski definition) is 0. The first-order valence-corrected chi connectivity index (χ1v) is 8.15. The fourth-order valence-electron chi connectivity index (χ4n) is 2.42. The number of hydrogen-bond acceptors (Lipinski definition) is 4. The van der Waals surface area contributed by atoms with Gasteiger partial charge in [-0.05, 0) is 12.1 Å². The second-order valence-corrected chi connectivity index (χ2v) is 5.71. The summed E-state index contributed by atoms with van der Waals surface area (Å²) in [6.07, 6.45) is 0.311. The molecule has 0 fully saturated rings. The van der Waals surface area contributed by atoms with Crippen molar-refractivity contribution < 1.29 is 14.1 Å². The van der Waals surface area contributed by atoms with Gasteiger partial charge in [-0.1, -0.05) is 53.7 Å². The summed E-state index contributed by atoms with van der Waals surface area (Å²) in [5, 5.41) is 4.06. The van der Waals surface area contributed by atoms with E-state index >= 15 is 0 Å². The first-order valence-electron chi connectivity index (χ1n) is 8.15. The molecule has 1 aromatic heterocycles. The fourth-order valence-corrected chi connectivity index (χ4v) is 2.42. The van der Waals surface area contributed by atoms with Gasteiger partial charge in [-0.2, -0.15) is 0 Å². The van der Waals surface area contributed by atoms with Gasteiger partial charge in [0.2, 0.25) is 5.91 Å². The van der Waals surface area contributed by atoms with E-state index in [1.807, 2.05) is 66.7 Å². The zero-order chi connectivity index (χ0) is 17.5. The van der Waals surface area contributed by atoms with Crippen molar-refractivity contribution in [3.63, 3.8) is 0 Å². The van der Waals surface area contributed by atoms with Crippen LogP contribution in [0.3, 0.4) is 0 Å². The maximum atomic E-state index is 12.2. The maximum Gasteiger partial charge on any atom is 0.226 e. The number of benzene rings is 2. The molecule has 128 valence electrons. The van der Waals surface area contributed by atoms with Crippen molar-refractivity contribution in [3.05, 3.63) is 72.5 Å². The minimum atomic E-state index is -0.00593. The molecule has 1 heterocycles. The summed E-state index contributed by atoms with van der Waals surface area (Å²) in [5.41, 5.74) is 1.76. The summed E-state index contributed by atoms with van der Waals surface area (Å²) in [4.78, 5) is 13.8. The minimum Gasteiger partial charge on any atom is -0.493 e. The second-order valence-electron chi connectivity index (χ2n) is 5.71. The Hall–Kier alpha value is -3.08. The highest BCUT2D eigenvalue weighted by Crippen LogP contribution is 2.19. The normalized spacial score (nSPS) is 10.4. The van der Waals surface area contributed by atoms with Crippen LogP contribution < -0.4 is 4.74 Å². The first kappa shape index (κ1) is 16.8. The number of para-hydroxylation sites is 1. The molecule has 3 aromatic rings. The van der Waals surface area contributed by atoms with E-state index in [0.29, 0.717) is 25.3 Å². The molecule has 5 nitrogen and oxygen atoms in total. The predicted octanol–water partition coefficient (Wildman–Crippen LogP) is 3.77. The fraction of sp³-hybridized carbons (Fsp3) is 0.200. The summed E-state index contributed by atoms with van der Waals surface area (Å²) in [6, 6.07) is 21.1. The number of carbonyl (C=O) groups is 1. The number of amides is 1. The van der Waals surface area contributed by atoms with Crippen LogP contribution in [0.25, 0.3) is 11.3 Å². The van der Waals surface area contributed by atoms with Gasteiger partial charge in [-0.15, -0.1) is 0 Å². The van der Waals surface area contributed by atoms with Gasteiger partial charge >= 0.3 is 0 Å². The lowest BCUT2D eigenvalue weighted by Gasteiger charge is -2.15. The van der Waals surface area contributed by atoms with Crippen LogP contribution in [0.4, 0.5) is 0 Å². The highest BCUT2D eigenvalue weighted by molar-refractivity contribution is 5.76. The lowest BCUT2D eigenvalue weighted by molar-refractivity contribution is -0.131. The Morgan fingerprint density at radius 1 is 1.08 bits per heavy atom. The predicted molar refractivity (Wildman–Crippen MR) is 95.0 cm³/mol. The van der Waals surface area contributed by atoms with Crippen LogP contribution >= 0.6 is 0 Å². The molecule has 5 heteroatoms. The van der Waals surface area contributed by atoms with Crippen molar-refractivity contribution in [1.82, 2.24) is 10.1 Å². The van der Waals surface area contributed by atoms with Gasteiger partial charge < -0.3 is 14.2 Å². The molecule has 0 aliphatic heterocycles. The summed E-state index contributed by atoms with van der Waals surface area (Å²) < 4.78 is 10.9. The van der Waals surface area contributed by atoms with Crippen molar-refractivity contribution >= 4 is 5.91 Å². The van der Waals surface area contributed by atoms with Gasteiger partial charge in [0, 0.05) is 18.7 Å². The number of aromatic nitrogens is 1. The van der Waals surface area contributed by atoms with Crippen molar-refractivity contribution in [3.8, 4) is 17.0 Å². The van der Waals surface area contributed by atoms with Crippen molar-refractivity contribution in [2.75, 3.05) is 13.7 Å².